The number of hydrogen-bond acceptors (Lipinski definition) is 4. The van der Waals surface area contributed by atoms with E-state index in [4.69, 9.17) is 16.3 Å². The second-order valence-corrected chi connectivity index (χ2v) is 5.58. The predicted octanol–water partition coefficient (Wildman–Crippen LogP) is 0.292. The number of pyridine rings is 1. The van der Waals surface area contributed by atoms with Crippen molar-refractivity contribution in [2.75, 3.05) is 6.61 Å². The zero-order chi connectivity index (χ0) is 16.3. The molecular weight excluding hydrogens is 325 g/mol. The smallest absolute Gasteiger partial charge is 0.545 e. The molecule has 0 atom stereocenters. The zero-order valence-electron chi connectivity index (χ0n) is 13.7. The van der Waals surface area contributed by atoms with Crippen LogP contribution in [-0.4, -0.2) is 17.6 Å². The molecule has 0 radical (unpaired) electrons. The second-order valence-electron chi connectivity index (χ2n) is 5.15. The van der Waals surface area contributed by atoms with E-state index < -0.39 is 5.97 Å². The van der Waals surface area contributed by atoms with Crippen molar-refractivity contribution < 1.29 is 44.2 Å². The van der Waals surface area contributed by atoms with Crippen molar-refractivity contribution in [2.24, 2.45) is 0 Å². The van der Waals surface area contributed by atoms with Gasteiger partial charge in [-0.05, 0) is 25.0 Å². The van der Waals surface area contributed by atoms with Gasteiger partial charge < -0.3 is 14.6 Å². The topological polar surface area (TPSA) is 62.2 Å². The minimum Gasteiger partial charge on any atom is -0.545 e. The Balaban J connectivity index is 0.00000264. The number of aromatic nitrogens is 1. The maximum absolute atomic E-state index is 11.5. The first-order valence-corrected chi connectivity index (χ1v) is 7.46. The molecule has 6 heteroatoms. The first-order chi connectivity index (χ1) is 10.4. The van der Waals surface area contributed by atoms with Crippen molar-refractivity contribution in [1.29, 1.82) is 0 Å². The molecule has 2 rings (SSSR count). The molecule has 23 heavy (non-hydrogen) atoms. The molecule has 1 aromatic heterocycles. The van der Waals surface area contributed by atoms with Crippen molar-refractivity contribution in [3.05, 3.63) is 46.6 Å². The molecule has 0 saturated heterocycles. The van der Waals surface area contributed by atoms with E-state index in [9.17, 15) is 9.90 Å². The zero-order valence-corrected chi connectivity index (χ0v) is 16.5. The summed E-state index contributed by atoms with van der Waals surface area (Å²) in [6, 6.07) is 8.83. The maximum Gasteiger partial charge on any atom is 1.00 e. The predicted molar refractivity (Wildman–Crippen MR) is 84.3 cm³/mol. The summed E-state index contributed by atoms with van der Waals surface area (Å²) in [7, 11) is 0. The van der Waals surface area contributed by atoms with Gasteiger partial charge in [0.2, 0.25) is 0 Å². The maximum atomic E-state index is 11.5. The van der Waals surface area contributed by atoms with E-state index in [1.807, 2.05) is 26.0 Å². The molecule has 0 aliphatic heterocycles. The number of hydrogen-bond donors (Lipinski definition) is 0. The van der Waals surface area contributed by atoms with Crippen LogP contribution < -0.4 is 39.4 Å². The Labute approximate surface area is 163 Å². The molecule has 0 amide bonds. The number of halogens is 1. The number of carbonyl (C=O) groups excluding carboxylic acids is 1. The summed E-state index contributed by atoms with van der Waals surface area (Å²) in [5.74, 6) is -1.06. The number of aromatic carboxylic acids is 1. The first kappa shape index (κ1) is 20.0. The van der Waals surface area contributed by atoms with Gasteiger partial charge in [0.1, 0.15) is 5.75 Å². The summed E-state index contributed by atoms with van der Waals surface area (Å²) in [6.45, 7) is 5.94. The third kappa shape index (κ3) is 4.70. The van der Waals surface area contributed by atoms with Crippen molar-refractivity contribution in [1.82, 2.24) is 4.98 Å². The van der Waals surface area contributed by atoms with E-state index in [1.165, 1.54) is 0 Å². The fraction of sp³-hybridized carbons (Fsp3) is 0.294. The number of carboxylic acid groups (broad SMARTS) is 1. The summed E-state index contributed by atoms with van der Waals surface area (Å²) in [6.07, 6.45) is 0. The van der Waals surface area contributed by atoms with Gasteiger partial charge in [0.05, 0.1) is 29.5 Å². The number of benzene rings is 1. The summed E-state index contributed by atoms with van der Waals surface area (Å²) >= 11 is 5.90. The average molecular weight is 342 g/mol. The summed E-state index contributed by atoms with van der Waals surface area (Å²) in [5.41, 5.74) is 1.97. The molecule has 0 aliphatic carbocycles. The SMILES string of the molecule is CCOc1cc(-c2ccc(Cl)cc2)nc(C(C)C)c1C(=O)[O-].[Na+]. The minimum atomic E-state index is -1.28. The molecule has 2 aromatic rings. The van der Waals surface area contributed by atoms with Crippen LogP contribution in [0.25, 0.3) is 11.3 Å². The van der Waals surface area contributed by atoms with E-state index in [-0.39, 0.29) is 46.8 Å². The molecule has 0 fully saturated rings. The molecule has 4 nitrogen and oxygen atoms in total. The van der Waals surface area contributed by atoms with E-state index in [0.717, 1.165) is 5.56 Å². The van der Waals surface area contributed by atoms with Crippen molar-refractivity contribution in [3.8, 4) is 17.0 Å². The molecule has 0 unspecified atom stereocenters. The molecular formula is C17H17ClNNaO3. The fourth-order valence-corrected chi connectivity index (χ4v) is 2.33. The largest absolute Gasteiger partial charge is 1.00 e. The fourth-order valence-electron chi connectivity index (χ4n) is 2.20. The Kier molecular flexibility index (Phi) is 7.55. The van der Waals surface area contributed by atoms with E-state index in [1.54, 1.807) is 25.1 Å². The minimum absolute atomic E-state index is 0. The van der Waals surface area contributed by atoms with Gasteiger partial charge in [-0.2, -0.15) is 0 Å². The third-order valence-corrected chi connectivity index (χ3v) is 3.45. The number of rotatable bonds is 5. The van der Waals surface area contributed by atoms with Crippen molar-refractivity contribution in [2.45, 2.75) is 26.7 Å². The van der Waals surface area contributed by atoms with Crippen LogP contribution >= 0.6 is 11.6 Å². The normalized spacial score (nSPS) is 10.3. The van der Waals surface area contributed by atoms with E-state index in [0.29, 0.717) is 23.0 Å². The van der Waals surface area contributed by atoms with Crippen LogP contribution in [0.1, 0.15) is 42.7 Å². The molecule has 0 spiro atoms. The van der Waals surface area contributed by atoms with Crippen molar-refractivity contribution in [3.63, 3.8) is 0 Å². The quantitative estimate of drug-likeness (QED) is 0.733. The van der Waals surface area contributed by atoms with Crippen LogP contribution in [0.4, 0.5) is 0 Å². The molecule has 0 aliphatic rings. The molecule has 1 aromatic carbocycles. The van der Waals surface area contributed by atoms with Gasteiger partial charge >= 0.3 is 29.6 Å². The van der Waals surface area contributed by atoms with Crippen LogP contribution in [0.5, 0.6) is 5.75 Å². The third-order valence-electron chi connectivity index (χ3n) is 3.20. The molecule has 1 heterocycles. The summed E-state index contributed by atoms with van der Waals surface area (Å²) in [5, 5.41) is 12.1. The summed E-state index contributed by atoms with van der Waals surface area (Å²) in [4.78, 5) is 16.0. The van der Waals surface area contributed by atoms with Crippen LogP contribution in [0.3, 0.4) is 0 Å². The van der Waals surface area contributed by atoms with Crippen molar-refractivity contribution >= 4 is 17.6 Å². The Morgan fingerprint density at radius 1 is 1.30 bits per heavy atom. The number of carbonyl (C=O) groups is 1. The van der Waals surface area contributed by atoms with Gasteiger partial charge in [0, 0.05) is 16.7 Å². The number of nitrogens with zero attached hydrogens (tertiary/aromatic N) is 1. The number of carboxylic acids is 1. The van der Waals surface area contributed by atoms with Crippen LogP contribution in [0, 0.1) is 0 Å². The van der Waals surface area contributed by atoms with E-state index >= 15 is 0 Å². The molecule has 0 N–H and O–H groups in total. The van der Waals surface area contributed by atoms with Gasteiger partial charge in [0.15, 0.2) is 0 Å². The van der Waals surface area contributed by atoms with Gasteiger partial charge in [-0.1, -0.05) is 37.6 Å². The molecule has 116 valence electrons. The van der Waals surface area contributed by atoms with Gasteiger partial charge in [0.25, 0.3) is 0 Å². The first-order valence-electron chi connectivity index (χ1n) is 7.09. The monoisotopic (exact) mass is 341 g/mol. The average Bonchev–Trinajstić information content (AvgIpc) is 2.47. The van der Waals surface area contributed by atoms with Gasteiger partial charge in [-0.3, -0.25) is 4.98 Å². The van der Waals surface area contributed by atoms with E-state index in [2.05, 4.69) is 4.98 Å². The Morgan fingerprint density at radius 2 is 1.91 bits per heavy atom. The van der Waals surface area contributed by atoms with Gasteiger partial charge in [-0.25, -0.2) is 0 Å². The molecule has 0 saturated carbocycles. The Hall–Kier alpha value is -1.07. The van der Waals surface area contributed by atoms with Crippen LogP contribution in [0.15, 0.2) is 30.3 Å². The van der Waals surface area contributed by atoms with Crippen LogP contribution in [0.2, 0.25) is 5.02 Å². The van der Waals surface area contributed by atoms with Gasteiger partial charge in [-0.15, -0.1) is 0 Å². The summed E-state index contributed by atoms with van der Waals surface area (Å²) < 4.78 is 5.49. The second kappa shape index (κ2) is 8.69. The number of ether oxygens (including phenoxy) is 1. The Morgan fingerprint density at radius 3 is 2.39 bits per heavy atom. The Bertz CT molecular complexity index is 687. The molecule has 0 bridgehead atoms. The standard InChI is InChI=1S/C17H18ClNO3.Na/c1-4-22-14-9-13(11-5-7-12(18)8-6-11)19-16(10(2)3)15(14)17(20)21;/h5-10H,4H2,1-3H3,(H,20,21);/q;+1/p-1. The van der Waals surface area contributed by atoms with Crippen LogP contribution in [-0.2, 0) is 0 Å².